The number of halogens is 2. The lowest BCUT2D eigenvalue weighted by atomic mass is 10.0. The molecule has 0 aliphatic heterocycles. The van der Waals surface area contributed by atoms with Crippen molar-refractivity contribution in [3.63, 3.8) is 0 Å². The van der Waals surface area contributed by atoms with E-state index in [0.717, 1.165) is 0 Å². The molecule has 0 spiro atoms. The van der Waals surface area contributed by atoms with Crippen LogP contribution in [0, 0.1) is 11.7 Å². The number of nitrogens with one attached hydrogen (secondary N) is 1. The Hall–Kier alpha value is -1.13. The van der Waals surface area contributed by atoms with Gasteiger partial charge in [-0.2, -0.15) is 0 Å². The largest absolute Gasteiger partial charge is 0.352 e. The third-order valence-electron chi connectivity index (χ3n) is 2.93. The highest BCUT2D eigenvalue weighted by molar-refractivity contribution is 5.85. The molecule has 1 amide bonds. The van der Waals surface area contributed by atoms with Gasteiger partial charge in [-0.1, -0.05) is 32.0 Å². The zero-order valence-corrected chi connectivity index (χ0v) is 13.0. The molecule has 1 rings (SSSR count). The fraction of sp³-hybridized carbons (Fsp3) is 0.533. The summed E-state index contributed by atoms with van der Waals surface area (Å²) in [5, 5.41) is 2.83. The molecule has 1 aromatic carbocycles. The molecule has 2 atom stereocenters. The van der Waals surface area contributed by atoms with Gasteiger partial charge in [-0.15, -0.1) is 12.4 Å². The minimum Gasteiger partial charge on any atom is -0.352 e. The molecule has 0 aliphatic rings. The summed E-state index contributed by atoms with van der Waals surface area (Å²) in [4.78, 5) is 11.8. The fourth-order valence-corrected chi connectivity index (χ4v) is 2.01. The number of hydrogen-bond acceptors (Lipinski definition) is 2. The van der Waals surface area contributed by atoms with E-state index >= 15 is 0 Å². The molecule has 20 heavy (non-hydrogen) atoms. The van der Waals surface area contributed by atoms with E-state index < -0.39 is 6.04 Å². The molecule has 3 N–H and O–H groups in total. The first-order valence-corrected chi connectivity index (χ1v) is 6.69. The van der Waals surface area contributed by atoms with Gasteiger partial charge in [-0.25, -0.2) is 4.39 Å². The van der Waals surface area contributed by atoms with Gasteiger partial charge in [0.15, 0.2) is 0 Å². The van der Waals surface area contributed by atoms with Crippen molar-refractivity contribution in [1.29, 1.82) is 0 Å². The highest BCUT2D eigenvalue weighted by Crippen LogP contribution is 2.09. The Bertz CT molecular complexity index is 426. The van der Waals surface area contributed by atoms with Gasteiger partial charge in [0.05, 0.1) is 6.04 Å². The van der Waals surface area contributed by atoms with Gasteiger partial charge >= 0.3 is 0 Å². The lowest BCUT2D eigenvalue weighted by Gasteiger charge is -2.19. The van der Waals surface area contributed by atoms with Crippen LogP contribution in [-0.2, 0) is 11.2 Å². The molecule has 0 radical (unpaired) electrons. The van der Waals surface area contributed by atoms with Gasteiger partial charge in [-0.05, 0) is 37.3 Å². The molecule has 114 valence electrons. The number of benzene rings is 1. The van der Waals surface area contributed by atoms with Gasteiger partial charge in [0.2, 0.25) is 5.91 Å². The smallest absolute Gasteiger partial charge is 0.237 e. The minimum atomic E-state index is -0.497. The van der Waals surface area contributed by atoms with Crippen molar-refractivity contribution in [2.75, 3.05) is 0 Å². The van der Waals surface area contributed by atoms with Gasteiger partial charge in [0.25, 0.3) is 0 Å². The topological polar surface area (TPSA) is 55.1 Å². The first-order valence-electron chi connectivity index (χ1n) is 6.69. The molecule has 0 bridgehead atoms. The number of carbonyl (C=O) groups excluding carboxylic acids is 1. The first-order chi connectivity index (χ1) is 8.90. The van der Waals surface area contributed by atoms with Crippen LogP contribution in [0.2, 0.25) is 0 Å². The maximum absolute atomic E-state index is 13.5. The quantitative estimate of drug-likeness (QED) is 0.849. The van der Waals surface area contributed by atoms with Crippen LogP contribution in [0.5, 0.6) is 0 Å². The van der Waals surface area contributed by atoms with E-state index in [4.69, 9.17) is 5.73 Å². The molecule has 1 aromatic rings. The summed E-state index contributed by atoms with van der Waals surface area (Å²) in [7, 11) is 0. The molecule has 0 aliphatic carbocycles. The molecular formula is C15H24ClFN2O. The Morgan fingerprint density at radius 3 is 2.45 bits per heavy atom. The van der Waals surface area contributed by atoms with Gasteiger partial charge in [-0.3, -0.25) is 4.79 Å². The van der Waals surface area contributed by atoms with E-state index in [9.17, 15) is 9.18 Å². The number of nitrogens with two attached hydrogens (primary N) is 1. The van der Waals surface area contributed by atoms with Crippen molar-refractivity contribution in [2.45, 2.75) is 45.7 Å². The highest BCUT2D eigenvalue weighted by Gasteiger charge is 2.17. The Morgan fingerprint density at radius 1 is 1.30 bits per heavy atom. The second-order valence-electron chi connectivity index (χ2n) is 5.44. The predicted octanol–water partition coefficient (Wildman–Crippen LogP) is 2.67. The number of rotatable bonds is 6. The normalized spacial score (nSPS) is 13.5. The van der Waals surface area contributed by atoms with Crippen LogP contribution in [0.15, 0.2) is 24.3 Å². The molecule has 0 fully saturated rings. The van der Waals surface area contributed by atoms with Crippen molar-refractivity contribution in [3.8, 4) is 0 Å². The summed E-state index contributed by atoms with van der Waals surface area (Å²) in [6, 6.07) is 5.96. The predicted molar refractivity (Wildman–Crippen MR) is 82.4 cm³/mol. The average Bonchev–Trinajstić information content (AvgIpc) is 2.31. The zero-order chi connectivity index (χ0) is 14.4. The third-order valence-corrected chi connectivity index (χ3v) is 2.93. The second kappa shape index (κ2) is 8.93. The fourth-order valence-electron chi connectivity index (χ4n) is 2.01. The summed E-state index contributed by atoms with van der Waals surface area (Å²) in [5.41, 5.74) is 6.41. The Balaban J connectivity index is 0.00000361. The number of carbonyl (C=O) groups is 1. The maximum atomic E-state index is 13.5. The molecular weight excluding hydrogens is 279 g/mol. The van der Waals surface area contributed by atoms with Crippen molar-refractivity contribution in [1.82, 2.24) is 5.32 Å². The van der Waals surface area contributed by atoms with Crippen LogP contribution >= 0.6 is 12.4 Å². The van der Waals surface area contributed by atoms with Gasteiger partial charge in [0, 0.05) is 6.04 Å². The van der Waals surface area contributed by atoms with Crippen LogP contribution in [0.1, 0.15) is 32.8 Å². The molecule has 0 saturated carbocycles. The average molecular weight is 303 g/mol. The van der Waals surface area contributed by atoms with Crippen molar-refractivity contribution < 1.29 is 9.18 Å². The van der Waals surface area contributed by atoms with Crippen LogP contribution in [-0.4, -0.2) is 18.0 Å². The standard InChI is InChI=1S/C15H23FN2O.ClH/c1-10(2)8-14(17)15(19)18-11(3)9-12-6-4-5-7-13(12)16;/h4-7,10-11,14H,8-9,17H2,1-3H3,(H,18,19);1H/t11?,14-;/m0./s1. The molecule has 3 nitrogen and oxygen atoms in total. The lowest BCUT2D eigenvalue weighted by molar-refractivity contribution is -0.123. The van der Waals surface area contributed by atoms with Crippen molar-refractivity contribution in [2.24, 2.45) is 11.7 Å². The lowest BCUT2D eigenvalue weighted by Crippen LogP contribution is -2.45. The Labute approximate surface area is 126 Å². The summed E-state index contributed by atoms with van der Waals surface area (Å²) in [6.45, 7) is 5.90. The van der Waals surface area contributed by atoms with E-state index in [1.807, 2.05) is 20.8 Å². The van der Waals surface area contributed by atoms with Crippen LogP contribution in [0.3, 0.4) is 0 Å². The Morgan fingerprint density at radius 2 is 1.90 bits per heavy atom. The van der Waals surface area contributed by atoms with Crippen LogP contribution in [0.25, 0.3) is 0 Å². The summed E-state index contributed by atoms with van der Waals surface area (Å²) >= 11 is 0. The van der Waals surface area contributed by atoms with E-state index in [0.29, 0.717) is 24.3 Å². The zero-order valence-electron chi connectivity index (χ0n) is 12.2. The number of hydrogen-bond donors (Lipinski definition) is 2. The summed E-state index contributed by atoms with van der Waals surface area (Å²) in [5.74, 6) is -0.0322. The highest BCUT2D eigenvalue weighted by atomic mass is 35.5. The van der Waals surface area contributed by atoms with E-state index in [2.05, 4.69) is 5.32 Å². The van der Waals surface area contributed by atoms with Crippen LogP contribution < -0.4 is 11.1 Å². The van der Waals surface area contributed by atoms with Gasteiger partial charge < -0.3 is 11.1 Å². The minimum absolute atomic E-state index is 0. The first kappa shape index (κ1) is 18.9. The van der Waals surface area contributed by atoms with E-state index in [1.165, 1.54) is 6.07 Å². The Kier molecular flexibility index (Phi) is 8.42. The molecule has 1 unspecified atom stereocenters. The van der Waals surface area contributed by atoms with Crippen LogP contribution in [0.4, 0.5) is 4.39 Å². The molecule has 0 aromatic heterocycles. The summed E-state index contributed by atoms with van der Waals surface area (Å²) in [6.07, 6.45) is 1.12. The van der Waals surface area contributed by atoms with E-state index in [-0.39, 0.29) is 30.2 Å². The summed E-state index contributed by atoms with van der Waals surface area (Å²) < 4.78 is 13.5. The van der Waals surface area contributed by atoms with Crippen molar-refractivity contribution in [3.05, 3.63) is 35.6 Å². The SMILES string of the molecule is CC(C)C[C@H](N)C(=O)NC(C)Cc1ccccc1F.Cl. The molecule has 0 saturated heterocycles. The molecule has 5 heteroatoms. The number of amides is 1. The maximum Gasteiger partial charge on any atom is 0.237 e. The van der Waals surface area contributed by atoms with E-state index in [1.54, 1.807) is 18.2 Å². The second-order valence-corrected chi connectivity index (χ2v) is 5.44. The monoisotopic (exact) mass is 302 g/mol. The third kappa shape index (κ3) is 6.35. The van der Waals surface area contributed by atoms with Crippen molar-refractivity contribution >= 4 is 18.3 Å². The van der Waals surface area contributed by atoms with Gasteiger partial charge in [0.1, 0.15) is 5.82 Å². The molecule has 0 heterocycles.